The predicted octanol–water partition coefficient (Wildman–Crippen LogP) is 1.93. The number of ether oxygens (including phenoxy) is 1. The van der Waals surface area contributed by atoms with Crippen molar-refractivity contribution in [1.82, 2.24) is 9.55 Å². The van der Waals surface area contributed by atoms with Gasteiger partial charge in [0.05, 0.1) is 25.9 Å². The van der Waals surface area contributed by atoms with E-state index in [1.807, 2.05) is 0 Å². The summed E-state index contributed by atoms with van der Waals surface area (Å²) in [5.74, 6) is 0.566. The molecule has 1 N–H and O–H groups in total. The summed E-state index contributed by atoms with van der Waals surface area (Å²) in [6.45, 7) is 2.67. The maximum atomic E-state index is 12.9. The SMILES string of the molecule is CC(=O)SCCOP(=O)(OCCSC(C)=O)OCC1CC[C@H](n2ccc(=O)[nH]c2=O)O1. The van der Waals surface area contributed by atoms with Gasteiger partial charge in [-0.2, -0.15) is 0 Å². The van der Waals surface area contributed by atoms with E-state index >= 15 is 0 Å². The number of nitrogens with zero attached hydrogens (tertiary/aromatic N) is 1. The molecule has 2 heterocycles. The van der Waals surface area contributed by atoms with Gasteiger partial charge in [-0.25, -0.2) is 9.36 Å². The summed E-state index contributed by atoms with van der Waals surface area (Å²) in [6, 6.07) is 1.22. The second-order valence-electron chi connectivity index (χ2n) is 6.40. The molecule has 0 bridgehead atoms. The molecule has 1 aliphatic heterocycles. The third-order valence-corrected chi connectivity index (χ3v) is 6.96. The van der Waals surface area contributed by atoms with Crippen LogP contribution in [0, 0.1) is 0 Å². The molecule has 1 aromatic heterocycles. The molecule has 14 heteroatoms. The lowest BCUT2D eigenvalue weighted by Gasteiger charge is -2.20. The first-order valence-corrected chi connectivity index (χ1v) is 12.9. The Labute approximate surface area is 187 Å². The summed E-state index contributed by atoms with van der Waals surface area (Å²) in [7, 11) is -3.94. The first kappa shape index (κ1) is 26.0. The van der Waals surface area contributed by atoms with Crippen molar-refractivity contribution in [3.63, 3.8) is 0 Å². The van der Waals surface area contributed by atoms with E-state index in [9.17, 15) is 23.7 Å². The molecule has 0 aromatic carbocycles. The van der Waals surface area contributed by atoms with Crippen LogP contribution in [0.2, 0.25) is 0 Å². The molecule has 174 valence electrons. The number of nitrogens with one attached hydrogen (secondary N) is 1. The summed E-state index contributed by atoms with van der Waals surface area (Å²) in [6.07, 6.45) is 1.32. The van der Waals surface area contributed by atoms with Crippen LogP contribution in [-0.4, -0.2) is 57.2 Å². The first-order valence-electron chi connectivity index (χ1n) is 9.46. The van der Waals surface area contributed by atoms with Gasteiger partial charge in [-0.15, -0.1) is 0 Å². The number of carbonyl (C=O) groups excluding carboxylic acids is 2. The normalized spacial score (nSPS) is 18.9. The zero-order valence-electron chi connectivity index (χ0n) is 17.1. The third-order valence-electron chi connectivity index (χ3n) is 3.94. The molecule has 2 rings (SSSR count). The van der Waals surface area contributed by atoms with E-state index in [0.29, 0.717) is 12.8 Å². The Hall–Kier alpha value is -1.21. The van der Waals surface area contributed by atoms with Gasteiger partial charge in [0.2, 0.25) is 0 Å². The summed E-state index contributed by atoms with van der Waals surface area (Å²) < 4.78 is 35.9. The molecule has 0 aliphatic carbocycles. The van der Waals surface area contributed by atoms with Gasteiger partial charge in [0.25, 0.3) is 5.56 Å². The summed E-state index contributed by atoms with van der Waals surface area (Å²) in [5.41, 5.74) is -1.08. The van der Waals surface area contributed by atoms with Crippen molar-refractivity contribution in [3.05, 3.63) is 33.1 Å². The van der Waals surface area contributed by atoms with E-state index in [1.54, 1.807) is 0 Å². The lowest BCUT2D eigenvalue weighted by molar-refractivity contribution is -0.109. The van der Waals surface area contributed by atoms with E-state index < -0.39 is 31.4 Å². The van der Waals surface area contributed by atoms with Crippen LogP contribution in [0.15, 0.2) is 21.9 Å². The molecule has 0 saturated carbocycles. The van der Waals surface area contributed by atoms with Gasteiger partial charge in [0.1, 0.15) is 6.23 Å². The van der Waals surface area contributed by atoms with Gasteiger partial charge in [-0.1, -0.05) is 23.5 Å². The maximum Gasteiger partial charge on any atom is 0.474 e. The largest absolute Gasteiger partial charge is 0.474 e. The van der Waals surface area contributed by atoms with Crippen LogP contribution in [0.4, 0.5) is 0 Å². The monoisotopic (exact) mass is 496 g/mol. The molecule has 11 nitrogen and oxygen atoms in total. The van der Waals surface area contributed by atoms with Crippen LogP contribution in [0.3, 0.4) is 0 Å². The van der Waals surface area contributed by atoms with Crippen LogP contribution < -0.4 is 11.2 Å². The number of thioether (sulfide) groups is 2. The Bertz CT molecular complexity index is 893. The van der Waals surface area contributed by atoms with Gasteiger partial charge in [-0.05, 0) is 12.8 Å². The average Bonchev–Trinajstić information content (AvgIpc) is 3.16. The van der Waals surface area contributed by atoms with Crippen molar-refractivity contribution in [2.45, 2.75) is 39.0 Å². The molecule has 1 saturated heterocycles. The summed E-state index contributed by atoms with van der Waals surface area (Å²) in [5, 5.41) is -0.193. The molecule has 0 radical (unpaired) electrons. The molecule has 31 heavy (non-hydrogen) atoms. The highest BCUT2D eigenvalue weighted by Crippen LogP contribution is 2.50. The Morgan fingerprint density at radius 3 is 2.29 bits per heavy atom. The minimum Gasteiger partial charge on any atom is -0.352 e. The second-order valence-corrected chi connectivity index (χ2v) is 10.6. The molecule has 1 aromatic rings. The van der Waals surface area contributed by atoms with Crippen molar-refractivity contribution in [3.8, 4) is 0 Å². The Morgan fingerprint density at radius 1 is 1.13 bits per heavy atom. The number of phosphoric ester groups is 1. The van der Waals surface area contributed by atoms with E-state index in [-0.39, 0.29) is 41.6 Å². The van der Waals surface area contributed by atoms with Crippen LogP contribution in [-0.2, 0) is 32.5 Å². The molecule has 1 fully saturated rings. The van der Waals surface area contributed by atoms with Crippen molar-refractivity contribution in [1.29, 1.82) is 0 Å². The van der Waals surface area contributed by atoms with E-state index in [2.05, 4.69) is 4.98 Å². The number of hydrogen-bond donors (Lipinski definition) is 1. The molecule has 0 amide bonds. The summed E-state index contributed by atoms with van der Waals surface area (Å²) >= 11 is 2.04. The number of hydrogen-bond acceptors (Lipinski definition) is 11. The van der Waals surface area contributed by atoms with Gasteiger partial charge in [0.15, 0.2) is 10.2 Å². The van der Waals surface area contributed by atoms with Gasteiger partial charge in [0, 0.05) is 37.6 Å². The number of carbonyl (C=O) groups is 2. The number of aromatic nitrogens is 2. The van der Waals surface area contributed by atoms with Crippen LogP contribution in [0.1, 0.15) is 32.9 Å². The van der Waals surface area contributed by atoms with Crippen molar-refractivity contribution >= 4 is 41.6 Å². The number of rotatable bonds is 12. The van der Waals surface area contributed by atoms with Gasteiger partial charge < -0.3 is 4.74 Å². The Morgan fingerprint density at radius 2 is 1.74 bits per heavy atom. The lowest BCUT2D eigenvalue weighted by atomic mass is 10.2. The number of H-pyrrole nitrogens is 1. The van der Waals surface area contributed by atoms with Crippen molar-refractivity contribution < 1.29 is 32.5 Å². The quantitative estimate of drug-likeness (QED) is 0.335. The first-order chi connectivity index (χ1) is 14.7. The van der Waals surface area contributed by atoms with E-state index in [0.717, 1.165) is 23.5 Å². The minimum absolute atomic E-state index is 0.0255. The standard InChI is InChI=1S/C17H25N2O9PS2/c1-12(20)30-9-7-25-29(24,26-8-10-31-13(2)21)27-11-14-3-4-16(28-14)19-6-5-15(22)18-17(19)23/h5-6,14,16H,3-4,7-11H2,1-2H3,(H,18,22,23)/t14?,16-/m1/s1. The highest BCUT2D eigenvalue weighted by Gasteiger charge is 2.32. The molecular formula is C17H25N2O9PS2. The topological polar surface area (TPSA) is 143 Å². The highest BCUT2D eigenvalue weighted by atomic mass is 32.2. The Kier molecular flexibility index (Phi) is 10.7. The van der Waals surface area contributed by atoms with Crippen molar-refractivity contribution in [2.75, 3.05) is 31.3 Å². The van der Waals surface area contributed by atoms with E-state index in [4.69, 9.17) is 18.3 Å². The van der Waals surface area contributed by atoms with Crippen LogP contribution >= 0.6 is 31.3 Å². The average molecular weight is 497 g/mol. The molecule has 1 unspecified atom stereocenters. The van der Waals surface area contributed by atoms with Crippen LogP contribution in [0.25, 0.3) is 0 Å². The fraction of sp³-hybridized carbons (Fsp3) is 0.647. The minimum atomic E-state index is -3.94. The Balaban J connectivity index is 1.89. The molecule has 1 aliphatic rings. The zero-order chi connectivity index (χ0) is 22.9. The second kappa shape index (κ2) is 12.7. The zero-order valence-corrected chi connectivity index (χ0v) is 19.7. The fourth-order valence-electron chi connectivity index (χ4n) is 2.62. The third kappa shape index (κ3) is 9.44. The number of aromatic amines is 1. The smallest absolute Gasteiger partial charge is 0.352 e. The summed E-state index contributed by atoms with van der Waals surface area (Å²) in [4.78, 5) is 47.3. The van der Waals surface area contributed by atoms with E-state index in [1.165, 1.54) is 30.7 Å². The maximum absolute atomic E-state index is 12.9. The van der Waals surface area contributed by atoms with Crippen molar-refractivity contribution in [2.24, 2.45) is 0 Å². The van der Waals surface area contributed by atoms with Gasteiger partial charge in [-0.3, -0.25) is 37.5 Å². The lowest BCUT2D eigenvalue weighted by Crippen LogP contribution is -2.31. The predicted molar refractivity (Wildman–Crippen MR) is 116 cm³/mol. The highest BCUT2D eigenvalue weighted by molar-refractivity contribution is 8.13. The van der Waals surface area contributed by atoms with Gasteiger partial charge >= 0.3 is 13.5 Å². The number of phosphoric acid groups is 1. The molecular weight excluding hydrogens is 471 g/mol. The molecule has 0 spiro atoms. The fourth-order valence-corrected chi connectivity index (χ4v) is 4.98. The van der Waals surface area contributed by atoms with Crippen LogP contribution in [0.5, 0.6) is 0 Å². The molecule has 2 atom stereocenters.